The molecule has 0 amide bonds. The van der Waals surface area contributed by atoms with E-state index in [-0.39, 0.29) is 5.92 Å². The lowest BCUT2D eigenvalue weighted by molar-refractivity contribution is -0.165. The number of hydrogen-bond acceptors (Lipinski definition) is 2. The highest BCUT2D eigenvalue weighted by Gasteiger charge is 2.41. The van der Waals surface area contributed by atoms with E-state index in [1.807, 2.05) is 0 Å². The van der Waals surface area contributed by atoms with Crippen molar-refractivity contribution in [1.29, 1.82) is 0 Å². The van der Waals surface area contributed by atoms with Crippen LogP contribution >= 0.6 is 0 Å². The Morgan fingerprint density at radius 3 is 2.14 bits per heavy atom. The minimum absolute atomic E-state index is 0.373. The molecule has 0 fully saturated rings. The summed E-state index contributed by atoms with van der Waals surface area (Å²) < 4.78 is 0. The average molecular weight is 194 g/mol. The number of carboxylic acid groups (broad SMARTS) is 1. The first kappa shape index (κ1) is 10.7. The summed E-state index contributed by atoms with van der Waals surface area (Å²) in [4.78, 5) is 11.0. The maximum atomic E-state index is 11.0. The number of aliphatic carboxylic acids is 1. The molecular weight excluding hydrogens is 180 g/mol. The van der Waals surface area contributed by atoms with Crippen molar-refractivity contribution in [3.05, 3.63) is 35.9 Å². The molecule has 1 unspecified atom stereocenters. The Labute approximate surface area is 83.0 Å². The molecule has 0 bridgehead atoms. The van der Waals surface area contributed by atoms with Crippen molar-refractivity contribution in [2.45, 2.75) is 19.4 Å². The highest BCUT2D eigenvalue weighted by Crippen LogP contribution is 2.29. The lowest BCUT2D eigenvalue weighted by Gasteiger charge is -2.27. The third-order valence-electron chi connectivity index (χ3n) is 2.38. The average Bonchev–Trinajstić information content (AvgIpc) is 2.17. The van der Waals surface area contributed by atoms with Gasteiger partial charge in [-0.2, -0.15) is 0 Å². The van der Waals surface area contributed by atoms with Gasteiger partial charge in [0.1, 0.15) is 0 Å². The van der Waals surface area contributed by atoms with Crippen LogP contribution in [0.25, 0.3) is 0 Å². The van der Waals surface area contributed by atoms with Gasteiger partial charge in [-0.15, -0.1) is 0 Å². The minimum Gasteiger partial charge on any atom is -0.479 e. The molecule has 0 saturated heterocycles. The van der Waals surface area contributed by atoms with E-state index < -0.39 is 11.6 Å². The maximum absolute atomic E-state index is 11.0. The molecule has 1 rings (SSSR count). The van der Waals surface area contributed by atoms with Gasteiger partial charge >= 0.3 is 5.97 Å². The van der Waals surface area contributed by atoms with Crippen molar-refractivity contribution in [3.8, 4) is 0 Å². The fourth-order valence-electron chi connectivity index (χ4n) is 1.40. The van der Waals surface area contributed by atoms with Gasteiger partial charge in [-0.3, -0.25) is 0 Å². The number of benzene rings is 1. The van der Waals surface area contributed by atoms with Crippen molar-refractivity contribution in [1.82, 2.24) is 0 Å². The van der Waals surface area contributed by atoms with Crippen LogP contribution in [0.3, 0.4) is 0 Å². The van der Waals surface area contributed by atoms with Crippen LogP contribution in [-0.4, -0.2) is 16.2 Å². The normalized spacial score (nSPS) is 15.1. The molecule has 1 aromatic carbocycles. The zero-order chi connectivity index (χ0) is 10.8. The molecule has 0 spiro atoms. The van der Waals surface area contributed by atoms with Crippen LogP contribution in [0.2, 0.25) is 0 Å². The molecule has 0 heterocycles. The Morgan fingerprint density at radius 2 is 1.79 bits per heavy atom. The second kappa shape index (κ2) is 3.80. The SMILES string of the molecule is CC(C)C(O)(C(=O)O)c1ccccc1. The monoisotopic (exact) mass is 194 g/mol. The predicted molar refractivity (Wildman–Crippen MR) is 52.8 cm³/mol. The van der Waals surface area contributed by atoms with Gasteiger partial charge in [0, 0.05) is 0 Å². The maximum Gasteiger partial charge on any atom is 0.340 e. The van der Waals surface area contributed by atoms with Crippen molar-refractivity contribution < 1.29 is 15.0 Å². The van der Waals surface area contributed by atoms with E-state index in [1.54, 1.807) is 44.2 Å². The standard InChI is InChI=1S/C11H14O3/c1-8(2)11(14,10(12)13)9-6-4-3-5-7-9/h3-8,14H,1-2H3,(H,12,13). The van der Waals surface area contributed by atoms with Crippen LogP contribution in [-0.2, 0) is 10.4 Å². The molecule has 1 aromatic rings. The Balaban J connectivity index is 3.20. The summed E-state index contributed by atoms with van der Waals surface area (Å²) in [6.45, 7) is 3.36. The molecule has 0 aliphatic rings. The first-order valence-electron chi connectivity index (χ1n) is 4.51. The molecule has 14 heavy (non-hydrogen) atoms. The number of aliphatic hydroxyl groups is 1. The summed E-state index contributed by atoms with van der Waals surface area (Å²) in [5.74, 6) is -1.58. The molecular formula is C11H14O3. The highest BCUT2D eigenvalue weighted by molar-refractivity contribution is 5.79. The van der Waals surface area contributed by atoms with Crippen molar-refractivity contribution in [2.24, 2.45) is 5.92 Å². The third-order valence-corrected chi connectivity index (χ3v) is 2.38. The lowest BCUT2D eigenvalue weighted by Crippen LogP contribution is -2.40. The van der Waals surface area contributed by atoms with Gasteiger partial charge in [0.25, 0.3) is 0 Å². The Bertz CT molecular complexity index is 319. The second-order valence-electron chi connectivity index (χ2n) is 3.59. The molecule has 2 N–H and O–H groups in total. The first-order valence-corrected chi connectivity index (χ1v) is 4.51. The van der Waals surface area contributed by atoms with E-state index in [4.69, 9.17) is 5.11 Å². The van der Waals surface area contributed by atoms with E-state index in [0.29, 0.717) is 5.56 Å². The summed E-state index contributed by atoms with van der Waals surface area (Å²) >= 11 is 0. The summed E-state index contributed by atoms with van der Waals surface area (Å²) in [5.41, 5.74) is -1.37. The van der Waals surface area contributed by atoms with Gasteiger partial charge in [-0.1, -0.05) is 44.2 Å². The molecule has 76 valence electrons. The minimum atomic E-state index is -1.79. The van der Waals surface area contributed by atoms with Crippen LogP contribution in [0.4, 0.5) is 0 Å². The molecule has 0 aliphatic carbocycles. The van der Waals surface area contributed by atoms with Gasteiger partial charge in [-0.05, 0) is 11.5 Å². The first-order chi connectivity index (χ1) is 6.49. The largest absolute Gasteiger partial charge is 0.479 e. The smallest absolute Gasteiger partial charge is 0.340 e. The van der Waals surface area contributed by atoms with Crippen LogP contribution in [0.15, 0.2) is 30.3 Å². The van der Waals surface area contributed by atoms with Crippen LogP contribution in [0, 0.1) is 5.92 Å². The van der Waals surface area contributed by atoms with E-state index in [2.05, 4.69) is 0 Å². The summed E-state index contributed by atoms with van der Waals surface area (Å²) in [5, 5.41) is 19.0. The van der Waals surface area contributed by atoms with Gasteiger partial charge in [0.2, 0.25) is 0 Å². The lowest BCUT2D eigenvalue weighted by atomic mass is 9.83. The Kier molecular flexibility index (Phi) is 2.91. The number of carboxylic acids is 1. The fraction of sp³-hybridized carbons (Fsp3) is 0.364. The van der Waals surface area contributed by atoms with E-state index in [1.165, 1.54) is 0 Å². The van der Waals surface area contributed by atoms with Crippen molar-refractivity contribution >= 4 is 5.97 Å². The molecule has 0 saturated carbocycles. The predicted octanol–water partition coefficient (Wildman–Crippen LogP) is 1.61. The highest BCUT2D eigenvalue weighted by atomic mass is 16.4. The van der Waals surface area contributed by atoms with Crippen molar-refractivity contribution in [2.75, 3.05) is 0 Å². The molecule has 3 heteroatoms. The Morgan fingerprint density at radius 1 is 1.29 bits per heavy atom. The summed E-state index contributed by atoms with van der Waals surface area (Å²) in [6.07, 6.45) is 0. The molecule has 1 atom stereocenters. The topological polar surface area (TPSA) is 57.5 Å². The molecule has 0 aliphatic heterocycles. The third kappa shape index (κ3) is 1.63. The number of carbonyl (C=O) groups is 1. The van der Waals surface area contributed by atoms with Crippen molar-refractivity contribution in [3.63, 3.8) is 0 Å². The quantitative estimate of drug-likeness (QED) is 0.768. The van der Waals surface area contributed by atoms with Crippen LogP contribution in [0.5, 0.6) is 0 Å². The molecule has 0 aromatic heterocycles. The van der Waals surface area contributed by atoms with Crippen LogP contribution < -0.4 is 0 Å². The zero-order valence-electron chi connectivity index (χ0n) is 8.27. The van der Waals surface area contributed by atoms with E-state index in [0.717, 1.165) is 0 Å². The fourth-order valence-corrected chi connectivity index (χ4v) is 1.40. The number of hydrogen-bond donors (Lipinski definition) is 2. The molecule has 0 radical (unpaired) electrons. The van der Waals surface area contributed by atoms with E-state index in [9.17, 15) is 9.90 Å². The summed E-state index contributed by atoms with van der Waals surface area (Å²) in [6, 6.07) is 8.45. The van der Waals surface area contributed by atoms with Gasteiger partial charge in [0.15, 0.2) is 5.60 Å². The Hall–Kier alpha value is -1.35. The van der Waals surface area contributed by atoms with E-state index >= 15 is 0 Å². The van der Waals surface area contributed by atoms with Crippen LogP contribution in [0.1, 0.15) is 19.4 Å². The second-order valence-corrected chi connectivity index (χ2v) is 3.59. The number of rotatable bonds is 3. The summed E-state index contributed by atoms with van der Waals surface area (Å²) in [7, 11) is 0. The van der Waals surface area contributed by atoms with Gasteiger partial charge < -0.3 is 10.2 Å². The van der Waals surface area contributed by atoms with Gasteiger partial charge in [-0.25, -0.2) is 4.79 Å². The molecule has 3 nitrogen and oxygen atoms in total. The zero-order valence-corrected chi connectivity index (χ0v) is 8.27. The van der Waals surface area contributed by atoms with Gasteiger partial charge in [0.05, 0.1) is 0 Å².